The molecule has 33 heavy (non-hydrogen) atoms. The van der Waals surface area contributed by atoms with Crippen molar-refractivity contribution in [2.75, 3.05) is 23.3 Å². The number of hydrogen-bond acceptors (Lipinski definition) is 5. The minimum atomic E-state index is -3.62. The van der Waals surface area contributed by atoms with Gasteiger partial charge in [0.05, 0.1) is 4.90 Å². The standard InChI is InChI=1S/C24H27N3O5S/c1-16(28)18-7-6-8-20(13-18)25-24(30)23-15-19-14-21(9-10-22(19)27(23)17(2)29)33(31,32)26-11-4-3-5-12-26/h6-10,13-14,23H,3-5,11-12,15H2,1-2H3,(H,25,30)/t23-/m0/s1. The van der Waals surface area contributed by atoms with E-state index >= 15 is 0 Å². The fourth-order valence-corrected chi connectivity index (χ4v) is 6.05. The highest BCUT2D eigenvalue weighted by molar-refractivity contribution is 7.89. The summed E-state index contributed by atoms with van der Waals surface area (Å²) in [7, 11) is -3.62. The second kappa shape index (κ2) is 9.07. The zero-order chi connectivity index (χ0) is 23.8. The Morgan fingerprint density at radius 2 is 1.70 bits per heavy atom. The summed E-state index contributed by atoms with van der Waals surface area (Å²) >= 11 is 0. The Balaban J connectivity index is 1.60. The van der Waals surface area contributed by atoms with E-state index in [2.05, 4.69) is 5.32 Å². The second-order valence-electron chi connectivity index (χ2n) is 8.49. The van der Waals surface area contributed by atoms with Gasteiger partial charge in [-0.25, -0.2) is 8.42 Å². The fourth-order valence-electron chi connectivity index (χ4n) is 4.48. The van der Waals surface area contributed by atoms with E-state index in [-0.39, 0.29) is 23.0 Å². The van der Waals surface area contributed by atoms with Gasteiger partial charge in [0.25, 0.3) is 0 Å². The van der Waals surface area contributed by atoms with E-state index in [9.17, 15) is 22.8 Å². The van der Waals surface area contributed by atoms with Gasteiger partial charge < -0.3 is 5.32 Å². The molecule has 1 N–H and O–H groups in total. The first-order chi connectivity index (χ1) is 15.7. The van der Waals surface area contributed by atoms with Gasteiger partial charge in [0.15, 0.2) is 5.78 Å². The van der Waals surface area contributed by atoms with Gasteiger partial charge in [-0.1, -0.05) is 18.6 Å². The quantitative estimate of drug-likeness (QED) is 0.678. The maximum absolute atomic E-state index is 13.1. The van der Waals surface area contributed by atoms with E-state index in [0.29, 0.717) is 35.6 Å². The molecule has 0 spiro atoms. The Hall–Kier alpha value is -3.04. The minimum Gasteiger partial charge on any atom is -0.324 e. The molecule has 0 aliphatic carbocycles. The van der Waals surface area contributed by atoms with E-state index < -0.39 is 22.0 Å². The monoisotopic (exact) mass is 469 g/mol. The molecule has 0 saturated carbocycles. The number of fused-ring (bicyclic) bond motifs is 1. The summed E-state index contributed by atoms with van der Waals surface area (Å²) in [6.07, 6.45) is 2.91. The van der Waals surface area contributed by atoms with Gasteiger partial charge in [-0.3, -0.25) is 19.3 Å². The first-order valence-corrected chi connectivity index (χ1v) is 12.5. The molecule has 1 atom stereocenters. The molecule has 174 valence electrons. The molecule has 0 aromatic heterocycles. The van der Waals surface area contributed by atoms with Crippen LogP contribution in [0, 0.1) is 0 Å². The van der Waals surface area contributed by atoms with E-state index in [1.807, 2.05) is 0 Å². The van der Waals surface area contributed by atoms with Gasteiger partial charge >= 0.3 is 0 Å². The highest BCUT2D eigenvalue weighted by Gasteiger charge is 2.38. The third-order valence-corrected chi connectivity index (χ3v) is 8.06. The van der Waals surface area contributed by atoms with Crippen molar-refractivity contribution < 1.29 is 22.8 Å². The van der Waals surface area contributed by atoms with E-state index in [1.165, 1.54) is 29.1 Å². The molecule has 2 heterocycles. The number of nitrogens with one attached hydrogen (secondary N) is 1. The predicted octanol–water partition coefficient (Wildman–Crippen LogP) is 2.98. The summed E-state index contributed by atoms with van der Waals surface area (Å²) in [4.78, 5) is 38.7. The topological polar surface area (TPSA) is 104 Å². The normalized spacial score (nSPS) is 18.6. The van der Waals surface area contributed by atoms with Crippen LogP contribution in [0.5, 0.6) is 0 Å². The number of carbonyl (C=O) groups is 3. The lowest BCUT2D eigenvalue weighted by atomic mass is 10.1. The summed E-state index contributed by atoms with van der Waals surface area (Å²) in [6, 6.07) is 10.5. The number of Topliss-reactive ketones (excluding diaryl/α,β-unsaturated/α-hetero) is 1. The number of rotatable bonds is 5. The van der Waals surface area contributed by atoms with Crippen molar-refractivity contribution in [1.82, 2.24) is 4.31 Å². The van der Waals surface area contributed by atoms with Gasteiger partial charge in [-0.2, -0.15) is 4.31 Å². The predicted molar refractivity (Wildman–Crippen MR) is 125 cm³/mol. The van der Waals surface area contributed by atoms with Crippen molar-refractivity contribution in [3.05, 3.63) is 53.6 Å². The molecule has 1 fully saturated rings. The molecule has 1 saturated heterocycles. The Labute approximate surface area is 193 Å². The van der Waals surface area contributed by atoms with Crippen molar-refractivity contribution in [3.8, 4) is 0 Å². The third-order valence-electron chi connectivity index (χ3n) is 6.17. The Kier molecular flexibility index (Phi) is 6.36. The van der Waals surface area contributed by atoms with Crippen molar-refractivity contribution in [2.24, 2.45) is 0 Å². The maximum atomic E-state index is 13.1. The Morgan fingerprint density at radius 1 is 0.970 bits per heavy atom. The van der Waals surface area contributed by atoms with Crippen LogP contribution in [0.25, 0.3) is 0 Å². The zero-order valence-corrected chi connectivity index (χ0v) is 19.5. The average Bonchev–Trinajstić information content (AvgIpc) is 3.19. The SMILES string of the molecule is CC(=O)c1cccc(NC(=O)[C@@H]2Cc3cc(S(=O)(=O)N4CCCCC4)ccc3N2C(C)=O)c1. The highest BCUT2D eigenvalue weighted by Crippen LogP contribution is 2.35. The fraction of sp³-hybridized carbons (Fsp3) is 0.375. The lowest BCUT2D eigenvalue weighted by Gasteiger charge is -2.26. The number of ketones is 1. The second-order valence-corrected chi connectivity index (χ2v) is 10.4. The molecule has 9 heteroatoms. The maximum Gasteiger partial charge on any atom is 0.247 e. The molecular weight excluding hydrogens is 442 g/mol. The number of hydrogen-bond donors (Lipinski definition) is 1. The summed E-state index contributed by atoms with van der Waals surface area (Å²) in [6.45, 7) is 3.83. The Morgan fingerprint density at radius 3 is 2.36 bits per heavy atom. The summed E-state index contributed by atoms with van der Waals surface area (Å²) in [5, 5.41) is 2.78. The Bertz CT molecular complexity index is 1220. The van der Waals surface area contributed by atoms with Crippen LogP contribution in [0.2, 0.25) is 0 Å². The lowest BCUT2D eigenvalue weighted by Crippen LogP contribution is -2.44. The molecular formula is C24H27N3O5S. The number of sulfonamides is 1. The molecule has 2 aromatic rings. The molecule has 4 rings (SSSR count). The van der Waals surface area contributed by atoms with Crippen LogP contribution in [0.4, 0.5) is 11.4 Å². The number of amides is 2. The van der Waals surface area contributed by atoms with Crippen LogP contribution >= 0.6 is 0 Å². The third kappa shape index (κ3) is 4.56. The minimum absolute atomic E-state index is 0.118. The number of anilines is 2. The van der Waals surface area contributed by atoms with Crippen LogP contribution in [0.1, 0.15) is 49.0 Å². The van der Waals surface area contributed by atoms with Crippen molar-refractivity contribution in [1.29, 1.82) is 0 Å². The first-order valence-electron chi connectivity index (χ1n) is 11.0. The van der Waals surface area contributed by atoms with Crippen LogP contribution in [0.15, 0.2) is 47.4 Å². The van der Waals surface area contributed by atoms with Crippen molar-refractivity contribution in [3.63, 3.8) is 0 Å². The zero-order valence-electron chi connectivity index (χ0n) is 18.7. The van der Waals surface area contributed by atoms with Gasteiger partial charge in [0.2, 0.25) is 21.8 Å². The van der Waals surface area contributed by atoms with Crippen LogP contribution < -0.4 is 10.2 Å². The number of nitrogens with zero attached hydrogens (tertiary/aromatic N) is 2. The molecule has 0 bridgehead atoms. The van der Waals surface area contributed by atoms with Crippen molar-refractivity contribution >= 4 is 39.0 Å². The van der Waals surface area contributed by atoms with E-state index in [4.69, 9.17) is 0 Å². The molecule has 0 unspecified atom stereocenters. The molecule has 2 aliphatic heterocycles. The van der Waals surface area contributed by atoms with Gasteiger partial charge in [-0.15, -0.1) is 0 Å². The number of carbonyl (C=O) groups excluding carboxylic acids is 3. The molecule has 0 radical (unpaired) electrons. The number of piperidine rings is 1. The first kappa shape index (κ1) is 23.1. The van der Waals surface area contributed by atoms with Crippen molar-refractivity contribution in [2.45, 2.75) is 50.5 Å². The average molecular weight is 470 g/mol. The molecule has 2 aliphatic rings. The van der Waals surface area contributed by atoms with Gasteiger partial charge in [-0.05, 0) is 55.7 Å². The summed E-state index contributed by atoms with van der Waals surface area (Å²) < 4.78 is 27.7. The lowest BCUT2D eigenvalue weighted by molar-refractivity contribution is -0.122. The van der Waals surface area contributed by atoms with Gasteiger partial charge in [0.1, 0.15) is 6.04 Å². The highest BCUT2D eigenvalue weighted by atomic mass is 32.2. The summed E-state index contributed by atoms with van der Waals surface area (Å²) in [5.74, 6) is -0.826. The number of benzene rings is 2. The molecule has 8 nitrogen and oxygen atoms in total. The van der Waals surface area contributed by atoms with Gasteiger partial charge in [0, 0.05) is 43.4 Å². The molecule has 2 aromatic carbocycles. The van der Waals surface area contributed by atoms with Crippen LogP contribution in [0.3, 0.4) is 0 Å². The van der Waals surface area contributed by atoms with E-state index in [0.717, 1.165) is 19.3 Å². The van der Waals surface area contributed by atoms with E-state index in [1.54, 1.807) is 36.4 Å². The smallest absolute Gasteiger partial charge is 0.247 e. The molecule has 2 amide bonds. The largest absolute Gasteiger partial charge is 0.324 e. The van der Waals surface area contributed by atoms with Crippen LogP contribution in [-0.4, -0.2) is 49.5 Å². The van der Waals surface area contributed by atoms with Crippen LogP contribution in [-0.2, 0) is 26.0 Å². The summed E-state index contributed by atoms with van der Waals surface area (Å²) in [5.41, 5.74) is 2.11.